The lowest BCUT2D eigenvalue weighted by Crippen LogP contribution is -2.42. The second-order valence-corrected chi connectivity index (χ2v) is 4.76. The maximum absolute atomic E-state index is 12.4. The standard InChI is InChI=1S/C14H23N3O/c1-4-13(8-15)14(18)17(11(2)3)10-12-6-5-7-16-9-12/h5-7,9,11,13H,4,8,10,15H2,1-3H3. The molecule has 0 bridgehead atoms. The van der Waals surface area contributed by atoms with Crippen molar-refractivity contribution in [2.24, 2.45) is 11.7 Å². The lowest BCUT2D eigenvalue weighted by molar-refractivity contribution is -0.137. The fraction of sp³-hybridized carbons (Fsp3) is 0.571. The number of nitrogens with two attached hydrogens (primary N) is 1. The Hall–Kier alpha value is -1.42. The van der Waals surface area contributed by atoms with Gasteiger partial charge < -0.3 is 10.6 Å². The molecule has 0 spiro atoms. The number of carbonyl (C=O) groups is 1. The Morgan fingerprint density at radius 2 is 2.22 bits per heavy atom. The van der Waals surface area contributed by atoms with Crippen LogP contribution in [0.1, 0.15) is 32.8 Å². The molecule has 0 fully saturated rings. The third-order valence-corrected chi connectivity index (χ3v) is 3.11. The first-order valence-electron chi connectivity index (χ1n) is 6.49. The summed E-state index contributed by atoms with van der Waals surface area (Å²) >= 11 is 0. The van der Waals surface area contributed by atoms with E-state index in [4.69, 9.17) is 5.73 Å². The zero-order valence-electron chi connectivity index (χ0n) is 11.5. The fourth-order valence-corrected chi connectivity index (χ4v) is 1.88. The van der Waals surface area contributed by atoms with E-state index in [0.717, 1.165) is 12.0 Å². The van der Waals surface area contributed by atoms with Crippen molar-refractivity contribution >= 4 is 5.91 Å². The molecule has 1 amide bonds. The summed E-state index contributed by atoms with van der Waals surface area (Å²) in [5, 5.41) is 0. The van der Waals surface area contributed by atoms with Crippen LogP contribution in [0.4, 0.5) is 0 Å². The van der Waals surface area contributed by atoms with E-state index in [-0.39, 0.29) is 17.9 Å². The van der Waals surface area contributed by atoms with Gasteiger partial charge in [-0.25, -0.2) is 0 Å². The van der Waals surface area contributed by atoms with Crippen LogP contribution < -0.4 is 5.73 Å². The van der Waals surface area contributed by atoms with Crippen molar-refractivity contribution in [1.29, 1.82) is 0 Å². The molecule has 0 aliphatic heterocycles. The lowest BCUT2D eigenvalue weighted by atomic mass is 10.0. The monoisotopic (exact) mass is 249 g/mol. The number of hydrogen-bond donors (Lipinski definition) is 1. The van der Waals surface area contributed by atoms with Crippen molar-refractivity contribution < 1.29 is 4.79 Å². The van der Waals surface area contributed by atoms with Gasteiger partial charge in [0.15, 0.2) is 0 Å². The highest BCUT2D eigenvalue weighted by molar-refractivity contribution is 5.79. The molecule has 1 unspecified atom stereocenters. The summed E-state index contributed by atoms with van der Waals surface area (Å²) in [5.74, 6) is 0.0583. The molecular formula is C14H23N3O. The van der Waals surface area contributed by atoms with Crippen LogP contribution in [0.3, 0.4) is 0 Å². The molecule has 100 valence electrons. The third-order valence-electron chi connectivity index (χ3n) is 3.11. The van der Waals surface area contributed by atoms with E-state index >= 15 is 0 Å². The number of hydrogen-bond acceptors (Lipinski definition) is 3. The van der Waals surface area contributed by atoms with Gasteiger partial charge in [-0.1, -0.05) is 13.0 Å². The number of pyridine rings is 1. The molecule has 1 heterocycles. The molecule has 0 aliphatic carbocycles. The molecule has 1 aromatic rings. The molecule has 0 saturated carbocycles. The Morgan fingerprint density at radius 1 is 1.50 bits per heavy atom. The minimum absolute atomic E-state index is 0.0796. The zero-order chi connectivity index (χ0) is 13.5. The smallest absolute Gasteiger partial charge is 0.227 e. The second kappa shape index (κ2) is 7.11. The van der Waals surface area contributed by atoms with E-state index in [0.29, 0.717) is 13.1 Å². The summed E-state index contributed by atoms with van der Waals surface area (Å²) in [4.78, 5) is 18.3. The lowest BCUT2D eigenvalue weighted by Gasteiger charge is -2.30. The predicted molar refractivity (Wildman–Crippen MR) is 72.8 cm³/mol. The zero-order valence-corrected chi connectivity index (χ0v) is 11.5. The van der Waals surface area contributed by atoms with Crippen LogP contribution in [0.5, 0.6) is 0 Å². The van der Waals surface area contributed by atoms with Gasteiger partial charge in [-0.3, -0.25) is 9.78 Å². The number of nitrogens with zero attached hydrogens (tertiary/aromatic N) is 2. The Morgan fingerprint density at radius 3 is 2.67 bits per heavy atom. The molecule has 18 heavy (non-hydrogen) atoms. The topological polar surface area (TPSA) is 59.2 Å². The van der Waals surface area contributed by atoms with E-state index in [9.17, 15) is 4.79 Å². The maximum Gasteiger partial charge on any atom is 0.227 e. The predicted octanol–water partition coefficient (Wildman–Crippen LogP) is 1.80. The van der Waals surface area contributed by atoms with Crippen LogP contribution in [0.2, 0.25) is 0 Å². The number of rotatable bonds is 6. The fourth-order valence-electron chi connectivity index (χ4n) is 1.88. The molecule has 0 saturated heterocycles. The van der Waals surface area contributed by atoms with Crippen molar-refractivity contribution in [2.75, 3.05) is 6.54 Å². The van der Waals surface area contributed by atoms with Gasteiger partial charge in [-0.2, -0.15) is 0 Å². The first kappa shape index (κ1) is 14.6. The summed E-state index contributed by atoms with van der Waals surface area (Å²) < 4.78 is 0. The SMILES string of the molecule is CCC(CN)C(=O)N(Cc1cccnc1)C(C)C. The number of amides is 1. The molecule has 0 aliphatic rings. The van der Waals surface area contributed by atoms with Crippen molar-refractivity contribution in [2.45, 2.75) is 39.8 Å². The average molecular weight is 249 g/mol. The van der Waals surface area contributed by atoms with E-state index in [2.05, 4.69) is 4.98 Å². The molecule has 0 aromatic carbocycles. The van der Waals surface area contributed by atoms with Crippen LogP contribution in [0, 0.1) is 5.92 Å². The minimum Gasteiger partial charge on any atom is -0.336 e. The quantitative estimate of drug-likeness (QED) is 0.836. The highest BCUT2D eigenvalue weighted by Gasteiger charge is 2.23. The Bertz CT molecular complexity index is 361. The van der Waals surface area contributed by atoms with Crippen LogP contribution in [0.25, 0.3) is 0 Å². The Labute approximate surface area is 109 Å². The van der Waals surface area contributed by atoms with E-state index in [1.807, 2.05) is 37.8 Å². The largest absolute Gasteiger partial charge is 0.336 e. The number of aromatic nitrogens is 1. The molecule has 0 radical (unpaired) electrons. The molecule has 2 N–H and O–H groups in total. The van der Waals surface area contributed by atoms with Crippen LogP contribution >= 0.6 is 0 Å². The van der Waals surface area contributed by atoms with Crippen LogP contribution in [-0.2, 0) is 11.3 Å². The average Bonchev–Trinajstić information content (AvgIpc) is 2.38. The molecule has 1 atom stereocenters. The van der Waals surface area contributed by atoms with Crippen molar-refractivity contribution in [1.82, 2.24) is 9.88 Å². The molecular weight excluding hydrogens is 226 g/mol. The minimum atomic E-state index is -0.0796. The van der Waals surface area contributed by atoms with Gasteiger partial charge in [-0.15, -0.1) is 0 Å². The summed E-state index contributed by atoms with van der Waals surface area (Å²) in [7, 11) is 0. The van der Waals surface area contributed by atoms with Gasteiger partial charge in [-0.05, 0) is 31.9 Å². The summed E-state index contributed by atoms with van der Waals surface area (Å²) in [6.07, 6.45) is 4.32. The first-order chi connectivity index (χ1) is 8.60. The summed E-state index contributed by atoms with van der Waals surface area (Å²) in [6.45, 7) is 7.06. The normalized spacial score (nSPS) is 12.5. The maximum atomic E-state index is 12.4. The molecule has 1 aromatic heterocycles. The van der Waals surface area contributed by atoms with Crippen LogP contribution in [-0.4, -0.2) is 28.4 Å². The third kappa shape index (κ3) is 3.81. The van der Waals surface area contributed by atoms with Crippen molar-refractivity contribution in [3.8, 4) is 0 Å². The van der Waals surface area contributed by atoms with E-state index in [1.54, 1.807) is 12.4 Å². The van der Waals surface area contributed by atoms with E-state index in [1.165, 1.54) is 0 Å². The highest BCUT2D eigenvalue weighted by atomic mass is 16.2. The van der Waals surface area contributed by atoms with E-state index < -0.39 is 0 Å². The number of carbonyl (C=O) groups excluding carboxylic acids is 1. The van der Waals surface area contributed by atoms with Crippen molar-refractivity contribution in [3.63, 3.8) is 0 Å². The highest BCUT2D eigenvalue weighted by Crippen LogP contribution is 2.13. The van der Waals surface area contributed by atoms with Gasteiger partial charge in [0.2, 0.25) is 5.91 Å². The molecule has 4 heteroatoms. The first-order valence-corrected chi connectivity index (χ1v) is 6.49. The van der Waals surface area contributed by atoms with Gasteiger partial charge in [0.25, 0.3) is 0 Å². The molecule has 4 nitrogen and oxygen atoms in total. The van der Waals surface area contributed by atoms with Gasteiger partial charge in [0.1, 0.15) is 0 Å². The second-order valence-electron chi connectivity index (χ2n) is 4.76. The van der Waals surface area contributed by atoms with Crippen molar-refractivity contribution in [3.05, 3.63) is 30.1 Å². The van der Waals surface area contributed by atoms with Gasteiger partial charge in [0, 0.05) is 31.5 Å². The Kier molecular flexibility index (Phi) is 5.78. The summed E-state index contributed by atoms with van der Waals surface area (Å²) in [5.41, 5.74) is 6.70. The van der Waals surface area contributed by atoms with Crippen LogP contribution in [0.15, 0.2) is 24.5 Å². The Balaban J connectivity index is 2.80. The van der Waals surface area contributed by atoms with Gasteiger partial charge in [0.05, 0.1) is 5.92 Å². The van der Waals surface area contributed by atoms with Gasteiger partial charge >= 0.3 is 0 Å². The summed E-state index contributed by atoms with van der Waals surface area (Å²) in [6, 6.07) is 4.04. The molecule has 1 rings (SSSR count).